The Labute approximate surface area is 118 Å². The van der Waals surface area contributed by atoms with Crippen molar-refractivity contribution in [1.82, 2.24) is 10.2 Å². The van der Waals surface area contributed by atoms with Crippen LogP contribution in [0.3, 0.4) is 0 Å². The zero-order valence-electron chi connectivity index (χ0n) is 11.2. The van der Waals surface area contributed by atoms with Gasteiger partial charge in [0.1, 0.15) is 0 Å². The number of carbonyl (C=O) groups is 1. The standard InChI is InChI=1S/C13H21ClN2OS/c1-4-16(9-11-5-6-12(14)18-11)13(17)7-8-15-10(2)3/h5-6,10,15H,4,7-9H2,1-3H3. The molecular weight excluding hydrogens is 268 g/mol. The van der Waals surface area contributed by atoms with Gasteiger partial charge in [-0.25, -0.2) is 0 Å². The monoisotopic (exact) mass is 288 g/mol. The van der Waals surface area contributed by atoms with Crippen LogP contribution >= 0.6 is 22.9 Å². The van der Waals surface area contributed by atoms with E-state index in [1.165, 1.54) is 11.3 Å². The third kappa shape index (κ3) is 5.38. The molecule has 18 heavy (non-hydrogen) atoms. The van der Waals surface area contributed by atoms with E-state index in [9.17, 15) is 4.79 Å². The summed E-state index contributed by atoms with van der Waals surface area (Å²) < 4.78 is 0.773. The summed E-state index contributed by atoms with van der Waals surface area (Å²) in [6.07, 6.45) is 0.547. The summed E-state index contributed by atoms with van der Waals surface area (Å²) in [4.78, 5) is 15.0. The lowest BCUT2D eigenvalue weighted by Gasteiger charge is -2.20. The van der Waals surface area contributed by atoms with E-state index in [0.29, 0.717) is 19.0 Å². The Morgan fingerprint density at radius 2 is 2.22 bits per heavy atom. The third-order valence-electron chi connectivity index (χ3n) is 2.60. The first-order valence-corrected chi connectivity index (χ1v) is 7.47. The normalized spacial score (nSPS) is 10.9. The Bertz CT molecular complexity index is 379. The number of nitrogens with one attached hydrogen (secondary N) is 1. The van der Waals surface area contributed by atoms with Gasteiger partial charge in [-0.05, 0) is 19.1 Å². The maximum absolute atomic E-state index is 12.0. The van der Waals surface area contributed by atoms with Crippen molar-refractivity contribution in [2.24, 2.45) is 0 Å². The summed E-state index contributed by atoms with van der Waals surface area (Å²) in [7, 11) is 0. The number of thiophene rings is 1. The first-order valence-electron chi connectivity index (χ1n) is 6.28. The largest absolute Gasteiger partial charge is 0.338 e. The van der Waals surface area contributed by atoms with Gasteiger partial charge >= 0.3 is 0 Å². The molecule has 1 aromatic rings. The second-order valence-electron chi connectivity index (χ2n) is 4.47. The van der Waals surface area contributed by atoms with Crippen molar-refractivity contribution in [3.63, 3.8) is 0 Å². The molecule has 1 heterocycles. The fraction of sp³-hybridized carbons (Fsp3) is 0.615. The predicted octanol–water partition coefficient (Wildman–Crippen LogP) is 3.14. The fourth-order valence-corrected chi connectivity index (χ4v) is 2.73. The van der Waals surface area contributed by atoms with Crippen LogP contribution in [-0.2, 0) is 11.3 Å². The molecule has 0 fully saturated rings. The molecule has 0 spiro atoms. The number of hydrogen-bond acceptors (Lipinski definition) is 3. The van der Waals surface area contributed by atoms with Crippen molar-refractivity contribution in [1.29, 1.82) is 0 Å². The maximum atomic E-state index is 12.0. The van der Waals surface area contributed by atoms with Crippen molar-refractivity contribution in [3.8, 4) is 0 Å². The smallest absolute Gasteiger partial charge is 0.224 e. The minimum atomic E-state index is 0.190. The second-order valence-corrected chi connectivity index (χ2v) is 6.27. The average molecular weight is 289 g/mol. The number of rotatable bonds is 7. The summed E-state index contributed by atoms with van der Waals surface area (Å²) >= 11 is 7.42. The molecule has 0 aliphatic rings. The summed E-state index contributed by atoms with van der Waals surface area (Å²) in [5.74, 6) is 0.190. The van der Waals surface area contributed by atoms with E-state index >= 15 is 0 Å². The molecule has 0 atom stereocenters. The van der Waals surface area contributed by atoms with Gasteiger partial charge in [0.05, 0.1) is 10.9 Å². The zero-order valence-corrected chi connectivity index (χ0v) is 12.8. The highest BCUT2D eigenvalue weighted by Crippen LogP contribution is 2.22. The SMILES string of the molecule is CCN(Cc1ccc(Cl)s1)C(=O)CCNC(C)C. The van der Waals surface area contributed by atoms with Gasteiger partial charge in [0.15, 0.2) is 0 Å². The van der Waals surface area contributed by atoms with Crippen molar-refractivity contribution in [2.75, 3.05) is 13.1 Å². The predicted molar refractivity (Wildman–Crippen MR) is 78.2 cm³/mol. The second kappa shape index (κ2) is 7.77. The van der Waals surface area contributed by atoms with Crippen LogP contribution in [0.25, 0.3) is 0 Å². The Hall–Kier alpha value is -0.580. The average Bonchev–Trinajstić information content (AvgIpc) is 2.71. The van der Waals surface area contributed by atoms with E-state index in [2.05, 4.69) is 19.2 Å². The molecule has 0 saturated carbocycles. The Morgan fingerprint density at radius 3 is 2.72 bits per heavy atom. The van der Waals surface area contributed by atoms with E-state index < -0.39 is 0 Å². The molecule has 0 aliphatic carbocycles. The molecule has 0 unspecified atom stereocenters. The molecule has 0 saturated heterocycles. The van der Waals surface area contributed by atoms with Gasteiger partial charge in [0, 0.05) is 30.4 Å². The first kappa shape index (κ1) is 15.5. The van der Waals surface area contributed by atoms with E-state index in [-0.39, 0.29) is 5.91 Å². The fourth-order valence-electron chi connectivity index (χ4n) is 1.63. The Morgan fingerprint density at radius 1 is 1.50 bits per heavy atom. The molecule has 102 valence electrons. The number of halogens is 1. The number of nitrogens with zero attached hydrogens (tertiary/aromatic N) is 1. The molecule has 1 amide bonds. The molecule has 5 heteroatoms. The van der Waals surface area contributed by atoms with Crippen LogP contribution in [0.5, 0.6) is 0 Å². The summed E-state index contributed by atoms with van der Waals surface area (Å²) in [6.45, 7) is 8.29. The van der Waals surface area contributed by atoms with Gasteiger partial charge in [-0.1, -0.05) is 25.4 Å². The molecule has 0 aliphatic heterocycles. The Balaban J connectivity index is 2.42. The first-order chi connectivity index (χ1) is 8.52. The number of hydrogen-bond donors (Lipinski definition) is 1. The van der Waals surface area contributed by atoms with E-state index in [1.54, 1.807) is 0 Å². The van der Waals surface area contributed by atoms with Crippen molar-refractivity contribution < 1.29 is 4.79 Å². The topological polar surface area (TPSA) is 32.3 Å². The highest BCUT2D eigenvalue weighted by Gasteiger charge is 2.12. The minimum absolute atomic E-state index is 0.190. The molecule has 0 bridgehead atoms. The number of carbonyl (C=O) groups excluding carboxylic acids is 1. The van der Waals surface area contributed by atoms with Gasteiger partial charge in [0.25, 0.3) is 0 Å². The van der Waals surface area contributed by atoms with Crippen LogP contribution in [0, 0.1) is 0 Å². The van der Waals surface area contributed by atoms with Crippen molar-refractivity contribution in [3.05, 3.63) is 21.3 Å². The van der Waals surface area contributed by atoms with Gasteiger partial charge < -0.3 is 10.2 Å². The van der Waals surface area contributed by atoms with Crippen molar-refractivity contribution >= 4 is 28.8 Å². The lowest BCUT2D eigenvalue weighted by molar-refractivity contribution is -0.131. The van der Waals surface area contributed by atoms with Crippen LogP contribution in [0.2, 0.25) is 4.34 Å². The molecule has 1 aromatic heterocycles. The molecule has 0 aromatic carbocycles. The summed E-state index contributed by atoms with van der Waals surface area (Å²) in [5, 5.41) is 3.26. The maximum Gasteiger partial charge on any atom is 0.224 e. The molecule has 1 N–H and O–H groups in total. The lowest BCUT2D eigenvalue weighted by atomic mass is 10.3. The summed E-state index contributed by atoms with van der Waals surface area (Å²) in [6, 6.07) is 4.28. The quantitative estimate of drug-likeness (QED) is 0.836. The van der Waals surface area contributed by atoms with Gasteiger partial charge in [-0.3, -0.25) is 4.79 Å². The van der Waals surface area contributed by atoms with Crippen LogP contribution in [0.4, 0.5) is 0 Å². The lowest BCUT2D eigenvalue weighted by Crippen LogP contribution is -2.33. The zero-order chi connectivity index (χ0) is 13.5. The molecule has 1 rings (SSSR count). The van der Waals surface area contributed by atoms with Crippen LogP contribution < -0.4 is 5.32 Å². The molecule has 3 nitrogen and oxygen atoms in total. The highest BCUT2D eigenvalue weighted by molar-refractivity contribution is 7.16. The van der Waals surface area contributed by atoms with Crippen LogP contribution in [-0.4, -0.2) is 29.9 Å². The van der Waals surface area contributed by atoms with E-state index in [1.807, 2.05) is 24.0 Å². The summed E-state index contributed by atoms with van der Waals surface area (Å²) in [5.41, 5.74) is 0. The van der Waals surface area contributed by atoms with Gasteiger partial charge in [-0.15, -0.1) is 11.3 Å². The van der Waals surface area contributed by atoms with Crippen molar-refractivity contribution in [2.45, 2.75) is 39.8 Å². The molecule has 0 radical (unpaired) electrons. The third-order valence-corrected chi connectivity index (χ3v) is 3.82. The van der Waals surface area contributed by atoms with Gasteiger partial charge in [0.2, 0.25) is 5.91 Å². The minimum Gasteiger partial charge on any atom is -0.338 e. The van der Waals surface area contributed by atoms with Crippen LogP contribution in [0.1, 0.15) is 32.1 Å². The van der Waals surface area contributed by atoms with E-state index in [4.69, 9.17) is 11.6 Å². The van der Waals surface area contributed by atoms with Gasteiger partial charge in [-0.2, -0.15) is 0 Å². The van der Waals surface area contributed by atoms with E-state index in [0.717, 1.165) is 22.3 Å². The molecular formula is C13H21ClN2OS. The number of amides is 1. The Kier molecular flexibility index (Phi) is 6.68. The highest BCUT2D eigenvalue weighted by atomic mass is 35.5. The van der Waals surface area contributed by atoms with Crippen LogP contribution in [0.15, 0.2) is 12.1 Å².